The average Bonchev–Trinajstić information content (AvgIpc) is 2.84. The van der Waals surface area contributed by atoms with Gasteiger partial charge >= 0.3 is 6.09 Å². The van der Waals surface area contributed by atoms with Gasteiger partial charge in [0.25, 0.3) is 0 Å². The van der Waals surface area contributed by atoms with Crippen LogP contribution in [0.5, 0.6) is 0 Å². The van der Waals surface area contributed by atoms with Crippen LogP contribution in [0, 0.1) is 3.57 Å². The molecule has 132 valence electrons. The summed E-state index contributed by atoms with van der Waals surface area (Å²) in [7, 11) is -1.23. The third kappa shape index (κ3) is 4.57. The van der Waals surface area contributed by atoms with Gasteiger partial charge in [0, 0.05) is 29.8 Å². The van der Waals surface area contributed by atoms with Crippen molar-refractivity contribution in [2.45, 2.75) is 25.7 Å². The lowest BCUT2D eigenvalue weighted by molar-refractivity contribution is 0.137. The third-order valence-electron chi connectivity index (χ3n) is 3.52. The quantitative estimate of drug-likeness (QED) is 0.225. The number of hydrogen-bond acceptors (Lipinski definition) is 2. The molecule has 24 heavy (non-hydrogen) atoms. The van der Waals surface area contributed by atoms with E-state index in [2.05, 4.69) is 47.2 Å². The van der Waals surface area contributed by atoms with Gasteiger partial charge < -0.3 is 14.8 Å². The second kappa shape index (κ2) is 7.82. The fraction of sp³-hybridized carbons (Fsp3) is 0.400. The van der Waals surface area contributed by atoms with E-state index in [9.17, 15) is 9.90 Å². The van der Waals surface area contributed by atoms with Crippen LogP contribution in [0.4, 0.5) is 10.5 Å². The molecule has 0 spiro atoms. The number of carboxylic acid groups (broad SMARTS) is 1. The van der Waals surface area contributed by atoms with Crippen molar-refractivity contribution >= 4 is 76.6 Å². The van der Waals surface area contributed by atoms with E-state index in [1.54, 1.807) is 12.3 Å². The molecule has 5 nitrogen and oxygen atoms in total. The number of H-pyrrole nitrogens is 1. The number of hydrogen-bond donors (Lipinski definition) is 2. The molecule has 0 aliphatic carbocycles. The van der Waals surface area contributed by atoms with E-state index in [1.165, 1.54) is 0 Å². The molecule has 0 radical (unpaired) electrons. The SMILES string of the molecule is C[Si](C)(C)CCOCN(C(=O)O)c1cc(Cl)c(Cl)c2[nH]cc(I)c12. The van der Waals surface area contributed by atoms with Gasteiger partial charge in [0.2, 0.25) is 0 Å². The highest BCUT2D eigenvalue weighted by atomic mass is 127. The minimum atomic E-state index is -1.23. The van der Waals surface area contributed by atoms with Gasteiger partial charge in [-0.3, -0.25) is 4.90 Å². The number of fused-ring (bicyclic) bond motifs is 1. The normalized spacial score (nSPS) is 11.9. The zero-order chi connectivity index (χ0) is 18.1. The number of anilines is 1. The summed E-state index contributed by atoms with van der Waals surface area (Å²) in [5.41, 5.74) is 1.09. The van der Waals surface area contributed by atoms with Crippen molar-refractivity contribution in [2.75, 3.05) is 18.2 Å². The van der Waals surface area contributed by atoms with Gasteiger partial charge in [-0.15, -0.1) is 0 Å². The summed E-state index contributed by atoms with van der Waals surface area (Å²) in [6.45, 7) is 7.23. The first-order chi connectivity index (χ1) is 11.1. The van der Waals surface area contributed by atoms with Gasteiger partial charge in [0.05, 0.1) is 21.2 Å². The van der Waals surface area contributed by atoms with Crippen LogP contribution < -0.4 is 4.90 Å². The van der Waals surface area contributed by atoms with E-state index in [-0.39, 0.29) is 6.73 Å². The summed E-state index contributed by atoms with van der Waals surface area (Å²) in [4.78, 5) is 15.9. The smallest absolute Gasteiger partial charge is 0.413 e. The van der Waals surface area contributed by atoms with Gasteiger partial charge in [-0.05, 0) is 34.7 Å². The van der Waals surface area contributed by atoms with Crippen molar-refractivity contribution in [3.8, 4) is 0 Å². The maximum atomic E-state index is 11.7. The van der Waals surface area contributed by atoms with E-state index >= 15 is 0 Å². The van der Waals surface area contributed by atoms with Crippen molar-refractivity contribution in [3.05, 3.63) is 25.9 Å². The van der Waals surface area contributed by atoms with Gasteiger partial charge in [-0.25, -0.2) is 4.79 Å². The monoisotopic (exact) mass is 500 g/mol. The fourth-order valence-electron chi connectivity index (χ4n) is 2.17. The largest absolute Gasteiger partial charge is 0.465 e. The molecule has 1 amide bonds. The summed E-state index contributed by atoms with van der Waals surface area (Å²) in [6.07, 6.45) is 0.669. The van der Waals surface area contributed by atoms with Crippen LogP contribution in [0.3, 0.4) is 0 Å². The molecule has 9 heteroatoms. The third-order valence-corrected chi connectivity index (χ3v) is 6.86. The lowest BCUT2D eigenvalue weighted by atomic mass is 10.2. The number of rotatable bonds is 6. The Morgan fingerprint density at radius 2 is 2.08 bits per heavy atom. The number of aromatic nitrogens is 1. The molecular weight excluding hydrogens is 482 g/mol. The number of benzene rings is 1. The van der Waals surface area contributed by atoms with Crippen molar-refractivity contribution in [1.82, 2.24) is 4.98 Å². The minimum Gasteiger partial charge on any atom is -0.465 e. The van der Waals surface area contributed by atoms with Crippen LogP contribution >= 0.6 is 45.8 Å². The average molecular weight is 501 g/mol. The van der Waals surface area contributed by atoms with Crippen molar-refractivity contribution in [1.29, 1.82) is 0 Å². The molecule has 0 fully saturated rings. The zero-order valence-electron chi connectivity index (χ0n) is 13.6. The standard InChI is InChI=1S/C15H19Cl2IN2O3Si/c1-24(2,3)5-4-23-8-20(15(21)22)11-6-9(16)13(17)14-12(11)10(18)7-19-14/h6-7,19H,4-5,8H2,1-3H3,(H,21,22). The van der Waals surface area contributed by atoms with Gasteiger partial charge in [0.15, 0.2) is 0 Å². The Morgan fingerprint density at radius 1 is 1.42 bits per heavy atom. The van der Waals surface area contributed by atoms with Crippen molar-refractivity contribution < 1.29 is 14.6 Å². The number of ether oxygens (including phenoxy) is 1. The first kappa shape index (κ1) is 19.8. The van der Waals surface area contributed by atoms with Crippen LogP contribution in [0.25, 0.3) is 10.9 Å². The van der Waals surface area contributed by atoms with E-state index in [0.29, 0.717) is 27.9 Å². The van der Waals surface area contributed by atoms with Gasteiger partial charge in [-0.1, -0.05) is 42.8 Å². The van der Waals surface area contributed by atoms with Crippen LogP contribution in [0.2, 0.25) is 35.7 Å². The Labute approximate surface area is 165 Å². The van der Waals surface area contributed by atoms with Gasteiger partial charge in [0.1, 0.15) is 6.73 Å². The molecule has 0 saturated heterocycles. The minimum absolute atomic E-state index is 0.0475. The zero-order valence-corrected chi connectivity index (χ0v) is 18.3. The number of amides is 1. The predicted octanol–water partition coefficient (Wildman–Crippen LogP) is 5.88. The lowest BCUT2D eigenvalue weighted by Crippen LogP contribution is -2.33. The Balaban J connectivity index is 2.32. The van der Waals surface area contributed by atoms with Crippen LogP contribution in [0.1, 0.15) is 0 Å². The maximum Gasteiger partial charge on any atom is 0.413 e. The summed E-state index contributed by atoms with van der Waals surface area (Å²) < 4.78 is 6.48. The van der Waals surface area contributed by atoms with Crippen molar-refractivity contribution in [2.24, 2.45) is 0 Å². The first-order valence-electron chi connectivity index (χ1n) is 7.34. The topological polar surface area (TPSA) is 65.6 Å². The van der Waals surface area contributed by atoms with E-state index in [4.69, 9.17) is 27.9 Å². The van der Waals surface area contributed by atoms with E-state index in [1.807, 2.05) is 0 Å². The molecule has 0 aliphatic heterocycles. The summed E-state index contributed by atoms with van der Waals surface area (Å²) in [5, 5.41) is 11.0. The predicted molar refractivity (Wildman–Crippen MR) is 111 cm³/mol. The highest BCUT2D eigenvalue weighted by Crippen LogP contribution is 2.39. The Morgan fingerprint density at radius 3 is 2.67 bits per heavy atom. The summed E-state index contributed by atoms with van der Waals surface area (Å²) >= 11 is 14.5. The Bertz CT molecular complexity index is 761. The molecule has 2 N–H and O–H groups in total. The molecular formula is C15H19Cl2IN2O3Si. The first-order valence-corrected chi connectivity index (χ1v) is 12.9. The van der Waals surface area contributed by atoms with Crippen LogP contribution in [0.15, 0.2) is 12.3 Å². The Kier molecular flexibility index (Phi) is 6.46. The molecule has 1 aromatic carbocycles. The molecule has 1 aromatic heterocycles. The maximum absolute atomic E-state index is 11.7. The summed E-state index contributed by atoms with van der Waals surface area (Å²) in [6, 6.07) is 2.54. The van der Waals surface area contributed by atoms with E-state index in [0.717, 1.165) is 19.9 Å². The second-order valence-corrected chi connectivity index (χ2v) is 14.2. The highest BCUT2D eigenvalue weighted by Gasteiger charge is 2.23. The number of carbonyl (C=O) groups is 1. The molecule has 0 atom stereocenters. The highest BCUT2D eigenvalue weighted by molar-refractivity contribution is 14.1. The molecule has 0 aliphatic rings. The number of nitrogens with one attached hydrogen (secondary N) is 1. The van der Waals surface area contributed by atoms with E-state index < -0.39 is 14.2 Å². The number of halogens is 3. The molecule has 1 heterocycles. The second-order valence-electron chi connectivity index (χ2n) is 6.64. The molecule has 0 unspecified atom stereocenters. The number of nitrogens with zero attached hydrogens (tertiary/aromatic N) is 1. The van der Waals surface area contributed by atoms with Crippen LogP contribution in [-0.2, 0) is 4.74 Å². The molecule has 0 saturated carbocycles. The molecule has 0 bridgehead atoms. The fourth-order valence-corrected chi connectivity index (χ4v) is 4.03. The van der Waals surface area contributed by atoms with Crippen LogP contribution in [-0.4, -0.2) is 37.6 Å². The molecule has 2 aromatic rings. The lowest BCUT2D eigenvalue weighted by Gasteiger charge is -2.22. The number of aromatic amines is 1. The molecule has 2 rings (SSSR count). The summed E-state index contributed by atoms with van der Waals surface area (Å²) in [5.74, 6) is 0. The van der Waals surface area contributed by atoms with Crippen molar-refractivity contribution in [3.63, 3.8) is 0 Å². The van der Waals surface area contributed by atoms with Gasteiger partial charge in [-0.2, -0.15) is 0 Å². The Hall–Kier alpha value is -0.483.